The van der Waals surface area contributed by atoms with Crippen LogP contribution in [0.3, 0.4) is 0 Å². The number of hydrogen-bond donors (Lipinski definition) is 1. The van der Waals surface area contributed by atoms with E-state index in [9.17, 15) is 13.6 Å². The standard InChI is InChI=1S/C18H24F2N2O2/c19-15-9-14(10-16(20)11-15)12-21-17(23)13-22-5-1-18(2-6-22)3-7-24-8-4-18/h9-11H,1-8,12-13H2,(H,21,23). The molecule has 132 valence electrons. The van der Waals surface area contributed by atoms with Gasteiger partial charge in [0.2, 0.25) is 5.91 Å². The second-order valence-electron chi connectivity index (χ2n) is 6.94. The zero-order valence-electron chi connectivity index (χ0n) is 13.8. The zero-order valence-corrected chi connectivity index (χ0v) is 13.8. The van der Waals surface area contributed by atoms with Crippen LogP contribution in [0.5, 0.6) is 0 Å². The van der Waals surface area contributed by atoms with Crippen LogP contribution in [-0.4, -0.2) is 43.7 Å². The molecule has 6 heteroatoms. The van der Waals surface area contributed by atoms with Crippen molar-refractivity contribution in [2.24, 2.45) is 5.41 Å². The van der Waals surface area contributed by atoms with E-state index in [1.807, 2.05) is 0 Å². The van der Waals surface area contributed by atoms with Crippen LogP contribution in [0.4, 0.5) is 8.78 Å². The summed E-state index contributed by atoms with van der Waals surface area (Å²) in [5, 5.41) is 2.74. The molecule has 0 saturated carbocycles. The van der Waals surface area contributed by atoms with E-state index in [-0.39, 0.29) is 12.5 Å². The highest BCUT2D eigenvalue weighted by Gasteiger charge is 2.36. The lowest BCUT2D eigenvalue weighted by atomic mass is 9.72. The Morgan fingerprint density at radius 2 is 1.71 bits per heavy atom. The van der Waals surface area contributed by atoms with E-state index in [1.54, 1.807) is 0 Å². The fourth-order valence-corrected chi connectivity index (χ4v) is 3.66. The number of halogens is 2. The number of benzene rings is 1. The molecule has 1 N–H and O–H groups in total. The number of likely N-dealkylation sites (tertiary alicyclic amines) is 1. The first-order chi connectivity index (χ1) is 11.5. The molecule has 0 radical (unpaired) electrons. The number of ether oxygens (including phenoxy) is 1. The first-order valence-electron chi connectivity index (χ1n) is 8.57. The molecule has 2 fully saturated rings. The first kappa shape index (κ1) is 17.3. The molecule has 1 amide bonds. The monoisotopic (exact) mass is 338 g/mol. The van der Waals surface area contributed by atoms with Crippen LogP contribution in [-0.2, 0) is 16.1 Å². The number of carbonyl (C=O) groups excluding carboxylic acids is 1. The van der Waals surface area contributed by atoms with Gasteiger partial charge in [-0.3, -0.25) is 9.69 Å². The number of amides is 1. The Kier molecular flexibility index (Phi) is 5.46. The minimum absolute atomic E-state index is 0.109. The highest BCUT2D eigenvalue weighted by molar-refractivity contribution is 5.78. The number of hydrogen-bond acceptors (Lipinski definition) is 3. The third-order valence-corrected chi connectivity index (χ3v) is 5.25. The van der Waals surface area contributed by atoms with Crippen LogP contribution in [0.2, 0.25) is 0 Å². The van der Waals surface area contributed by atoms with E-state index < -0.39 is 11.6 Å². The lowest BCUT2D eigenvalue weighted by Crippen LogP contribution is -2.46. The molecule has 1 aromatic rings. The van der Waals surface area contributed by atoms with Gasteiger partial charge in [-0.05, 0) is 61.9 Å². The van der Waals surface area contributed by atoms with E-state index in [0.29, 0.717) is 17.5 Å². The van der Waals surface area contributed by atoms with Gasteiger partial charge in [0.25, 0.3) is 0 Å². The van der Waals surface area contributed by atoms with E-state index in [0.717, 1.165) is 58.1 Å². The molecule has 2 aliphatic heterocycles. The van der Waals surface area contributed by atoms with Crippen molar-refractivity contribution in [1.82, 2.24) is 10.2 Å². The smallest absolute Gasteiger partial charge is 0.234 e. The van der Waals surface area contributed by atoms with Crippen LogP contribution in [0, 0.1) is 17.0 Å². The van der Waals surface area contributed by atoms with Crippen molar-refractivity contribution in [1.29, 1.82) is 0 Å². The molecule has 2 aliphatic rings. The SMILES string of the molecule is O=C(CN1CCC2(CCOCC2)CC1)NCc1cc(F)cc(F)c1. The van der Waals surface area contributed by atoms with Crippen molar-refractivity contribution in [3.8, 4) is 0 Å². The molecule has 1 spiro atoms. The van der Waals surface area contributed by atoms with Crippen molar-refractivity contribution < 1.29 is 18.3 Å². The van der Waals surface area contributed by atoms with Crippen LogP contribution in [0.1, 0.15) is 31.2 Å². The van der Waals surface area contributed by atoms with Gasteiger partial charge in [-0.1, -0.05) is 0 Å². The summed E-state index contributed by atoms with van der Waals surface area (Å²) in [6.45, 7) is 4.02. The molecule has 4 nitrogen and oxygen atoms in total. The molecule has 0 bridgehead atoms. The summed E-state index contributed by atoms with van der Waals surface area (Å²) < 4.78 is 31.7. The Hall–Kier alpha value is -1.53. The number of piperidine rings is 1. The van der Waals surface area contributed by atoms with Crippen molar-refractivity contribution >= 4 is 5.91 Å². The fraction of sp³-hybridized carbons (Fsp3) is 0.611. The molecule has 2 saturated heterocycles. The van der Waals surface area contributed by atoms with E-state index in [2.05, 4.69) is 10.2 Å². The predicted molar refractivity (Wildman–Crippen MR) is 86.4 cm³/mol. The molecular formula is C18H24F2N2O2. The first-order valence-corrected chi connectivity index (χ1v) is 8.57. The Morgan fingerprint density at radius 1 is 1.08 bits per heavy atom. The summed E-state index contributed by atoms with van der Waals surface area (Å²) in [5.41, 5.74) is 0.838. The summed E-state index contributed by atoms with van der Waals surface area (Å²) in [7, 11) is 0. The zero-order chi connectivity index (χ0) is 17.0. The van der Waals surface area contributed by atoms with Gasteiger partial charge < -0.3 is 10.1 Å². The second kappa shape index (κ2) is 7.57. The third kappa shape index (κ3) is 4.51. The number of carbonyl (C=O) groups is 1. The summed E-state index contributed by atoms with van der Waals surface area (Å²) in [5.74, 6) is -1.36. The summed E-state index contributed by atoms with van der Waals surface area (Å²) in [6, 6.07) is 3.30. The molecule has 0 aromatic heterocycles. The van der Waals surface area contributed by atoms with Gasteiger partial charge in [-0.2, -0.15) is 0 Å². The van der Waals surface area contributed by atoms with Crippen LogP contribution in [0.25, 0.3) is 0 Å². The van der Waals surface area contributed by atoms with E-state index in [1.165, 1.54) is 12.1 Å². The molecular weight excluding hydrogens is 314 g/mol. The van der Waals surface area contributed by atoms with Gasteiger partial charge in [0, 0.05) is 25.8 Å². The summed E-state index contributed by atoms with van der Waals surface area (Å²) >= 11 is 0. The lowest BCUT2D eigenvalue weighted by Gasteiger charge is -2.43. The van der Waals surface area contributed by atoms with Gasteiger partial charge in [-0.25, -0.2) is 8.78 Å². The number of nitrogens with zero attached hydrogens (tertiary/aromatic N) is 1. The largest absolute Gasteiger partial charge is 0.381 e. The van der Waals surface area contributed by atoms with Crippen molar-refractivity contribution in [2.45, 2.75) is 32.2 Å². The van der Waals surface area contributed by atoms with Gasteiger partial charge in [0.1, 0.15) is 11.6 Å². The maximum absolute atomic E-state index is 13.1. The average Bonchev–Trinajstić information content (AvgIpc) is 2.55. The Bertz CT molecular complexity index is 558. The Morgan fingerprint density at radius 3 is 2.33 bits per heavy atom. The number of nitrogens with one attached hydrogen (secondary N) is 1. The topological polar surface area (TPSA) is 41.6 Å². The van der Waals surface area contributed by atoms with Gasteiger partial charge in [0.15, 0.2) is 0 Å². The van der Waals surface area contributed by atoms with Crippen molar-refractivity contribution in [2.75, 3.05) is 32.8 Å². The van der Waals surface area contributed by atoms with Crippen molar-refractivity contribution in [3.05, 3.63) is 35.4 Å². The minimum Gasteiger partial charge on any atom is -0.381 e. The average molecular weight is 338 g/mol. The lowest BCUT2D eigenvalue weighted by molar-refractivity contribution is -0.123. The quantitative estimate of drug-likeness (QED) is 0.917. The van der Waals surface area contributed by atoms with Gasteiger partial charge >= 0.3 is 0 Å². The van der Waals surface area contributed by atoms with Crippen LogP contribution in [0.15, 0.2) is 18.2 Å². The number of rotatable bonds is 4. The molecule has 3 rings (SSSR count). The molecule has 0 unspecified atom stereocenters. The maximum Gasteiger partial charge on any atom is 0.234 e. The van der Waals surface area contributed by atoms with Gasteiger partial charge in [0.05, 0.1) is 6.54 Å². The van der Waals surface area contributed by atoms with Crippen LogP contribution >= 0.6 is 0 Å². The molecule has 1 aromatic carbocycles. The summed E-state index contributed by atoms with van der Waals surface area (Å²) in [4.78, 5) is 14.2. The fourth-order valence-electron chi connectivity index (χ4n) is 3.66. The molecule has 2 heterocycles. The summed E-state index contributed by atoms with van der Waals surface area (Å²) in [6.07, 6.45) is 4.47. The van der Waals surface area contributed by atoms with Crippen LogP contribution < -0.4 is 5.32 Å². The predicted octanol–water partition coefficient (Wildman–Crippen LogP) is 2.47. The molecule has 0 aliphatic carbocycles. The normalized spacial score (nSPS) is 20.9. The van der Waals surface area contributed by atoms with Gasteiger partial charge in [-0.15, -0.1) is 0 Å². The van der Waals surface area contributed by atoms with Crippen molar-refractivity contribution in [3.63, 3.8) is 0 Å². The highest BCUT2D eigenvalue weighted by Crippen LogP contribution is 2.40. The highest BCUT2D eigenvalue weighted by atomic mass is 19.1. The van der Waals surface area contributed by atoms with E-state index in [4.69, 9.17) is 4.74 Å². The Balaban J connectivity index is 1.42. The molecule has 0 atom stereocenters. The minimum atomic E-state index is -0.628. The maximum atomic E-state index is 13.1. The second-order valence-corrected chi connectivity index (χ2v) is 6.94. The Labute approximate surface area is 141 Å². The third-order valence-electron chi connectivity index (χ3n) is 5.25. The van der Waals surface area contributed by atoms with E-state index >= 15 is 0 Å². The molecule has 24 heavy (non-hydrogen) atoms.